The summed E-state index contributed by atoms with van der Waals surface area (Å²) in [6.07, 6.45) is -4.58. The van der Waals surface area contributed by atoms with Crippen LogP contribution >= 0.6 is 55.0 Å². The normalized spacial score (nSPS) is 19.5. The Balaban J connectivity index is 1.33. The highest BCUT2D eigenvalue weighted by molar-refractivity contribution is 9.10. The summed E-state index contributed by atoms with van der Waals surface area (Å²) in [6, 6.07) is 15.9. The molecule has 4 aromatic rings. The van der Waals surface area contributed by atoms with Crippen LogP contribution in [0.15, 0.2) is 85.5 Å². The average molecular weight is 769 g/mol. The standard InChI is InChI=1S/C29H18Br2F3N3O5S2/c30-14-4-7-17(8-5-14)37-26(39)22-21(23-25(36-28(41)44-23)43-24(22)27(37)40)18-11-15(31)6-9-19(18)42-12-20(38)35-16-3-1-2-13(10-16)29(32,33)34/h1-11,21-22,24H,12H2,(H,35,38)(H,36,41). The third-order valence-corrected chi connectivity index (χ3v) is 10.5. The Labute approximate surface area is 272 Å². The summed E-state index contributed by atoms with van der Waals surface area (Å²) in [6.45, 7) is -0.561. The summed E-state index contributed by atoms with van der Waals surface area (Å²) in [4.78, 5) is 57.0. The van der Waals surface area contributed by atoms with Gasteiger partial charge in [-0.25, -0.2) is 4.90 Å². The smallest absolute Gasteiger partial charge is 0.416 e. The Morgan fingerprint density at radius 1 is 0.977 bits per heavy atom. The average Bonchev–Trinajstić information content (AvgIpc) is 3.46. The molecular formula is C29H18Br2F3N3O5S2. The molecule has 8 nitrogen and oxygen atoms in total. The van der Waals surface area contributed by atoms with Gasteiger partial charge in [-0.1, -0.05) is 61.0 Å². The van der Waals surface area contributed by atoms with Crippen LogP contribution in [-0.2, 0) is 20.6 Å². The molecule has 3 aromatic carbocycles. The summed E-state index contributed by atoms with van der Waals surface area (Å²) < 4.78 is 46.6. The first-order valence-electron chi connectivity index (χ1n) is 12.8. The van der Waals surface area contributed by atoms with E-state index in [2.05, 4.69) is 42.2 Å². The maximum absolute atomic E-state index is 14.0. The van der Waals surface area contributed by atoms with Gasteiger partial charge in [-0.2, -0.15) is 13.2 Å². The molecule has 2 aliphatic rings. The number of aromatic amines is 1. The maximum Gasteiger partial charge on any atom is 0.416 e. The molecule has 1 fully saturated rings. The van der Waals surface area contributed by atoms with Gasteiger partial charge in [0.2, 0.25) is 11.8 Å². The fraction of sp³-hybridized carbons (Fsp3) is 0.172. The molecular weight excluding hydrogens is 751 g/mol. The quantitative estimate of drug-likeness (QED) is 0.209. The van der Waals surface area contributed by atoms with Gasteiger partial charge in [0, 0.05) is 31.0 Å². The lowest BCUT2D eigenvalue weighted by molar-refractivity contribution is -0.137. The van der Waals surface area contributed by atoms with Crippen LogP contribution in [0.3, 0.4) is 0 Å². The number of rotatable bonds is 6. The van der Waals surface area contributed by atoms with E-state index in [0.29, 0.717) is 25.6 Å². The van der Waals surface area contributed by atoms with Gasteiger partial charge < -0.3 is 15.0 Å². The van der Waals surface area contributed by atoms with Crippen LogP contribution in [0.2, 0.25) is 0 Å². The molecule has 2 N–H and O–H groups in total. The van der Waals surface area contributed by atoms with E-state index in [0.717, 1.165) is 44.6 Å². The van der Waals surface area contributed by atoms with Crippen LogP contribution in [0, 0.1) is 5.92 Å². The minimum Gasteiger partial charge on any atom is -0.483 e. The molecule has 3 amide bonds. The number of thiazole rings is 1. The number of nitrogens with one attached hydrogen (secondary N) is 2. The summed E-state index contributed by atoms with van der Waals surface area (Å²) in [7, 11) is 0. The van der Waals surface area contributed by atoms with Crippen molar-refractivity contribution in [3.8, 4) is 5.75 Å². The number of amides is 3. The number of aromatic nitrogens is 1. The second-order valence-electron chi connectivity index (χ2n) is 9.84. The second-order valence-corrected chi connectivity index (χ2v) is 13.8. The molecule has 1 aromatic heterocycles. The van der Waals surface area contributed by atoms with E-state index in [4.69, 9.17) is 4.74 Å². The van der Waals surface area contributed by atoms with Crippen molar-refractivity contribution in [2.45, 2.75) is 22.4 Å². The predicted octanol–water partition coefficient (Wildman–Crippen LogP) is 6.79. The van der Waals surface area contributed by atoms with E-state index < -0.39 is 53.2 Å². The van der Waals surface area contributed by atoms with Crippen LogP contribution in [-0.4, -0.2) is 34.6 Å². The number of benzene rings is 3. The van der Waals surface area contributed by atoms with Gasteiger partial charge in [0.25, 0.3) is 5.91 Å². The van der Waals surface area contributed by atoms with Crippen LogP contribution in [0.1, 0.15) is 21.9 Å². The number of fused-ring (bicyclic) bond motifs is 2. The number of alkyl halides is 3. The molecule has 0 saturated carbocycles. The molecule has 0 aliphatic carbocycles. The Morgan fingerprint density at radius 2 is 1.70 bits per heavy atom. The monoisotopic (exact) mass is 767 g/mol. The molecule has 6 rings (SSSR count). The highest BCUT2D eigenvalue weighted by Crippen LogP contribution is 2.54. The zero-order valence-electron chi connectivity index (χ0n) is 22.0. The van der Waals surface area contributed by atoms with Crippen molar-refractivity contribution in [1.29, 1.82) is 0 Å². The number of thioether (sulfide) groups is 1. The van der Waals surface area contributed by atoms with Crippen molar-refractivity contribution in [2.75, 3.05) is 16.8 Å². The van der Waals surface area contributed by atoms with Gasteiger partial charge in [-0.15, -0.1) is 0 Å². The van der Waals surface area contributed by atoms with Crippen molar-refractivity contribution in [3.63, 3.8) is 0 Å². The van der Waals surface area contributed by atoms with Gasteiger partial charge in [0.1, 0.15) is 11.0 Å². The fourth-order valence-corrected chi connectivity index (χ4v) is 8.35. The molecule has 0 bridgehead atoms. The zero-order valence-corrected chi connectivity index (χ0v) is 26.8. The third-order valence-electron chi connectivity index (χ3n) is 7.05. The molecule has 3 heterocycles. The second kappa shape index (κ2) is 11.8. The van der Waals surface area contributed by atoms with Crippen LogP contribution in [0.4, 0.5) is 24.5 Å². The molecule has 44 heavy (non-hydrogen) atoms. The molecule has 3 atom stereocenters. The number of H-pyrrole nitrogens is 1. The number of hydrogen-bond acceptors (Lipinski definition) is 7. The van der Waals surface area contributed by atoms with Crippen LogP contribution in [0.5, 0.6) is 5.75 Å². The Bertz CT molecular complexity index is 1860. The minimum atomic E-state index is -4.58. The molecule has 15 heteroatoms. The highest BCUT2D eigenvalue weighted by atomic mass is 79.9. The largest absolute Gasteiger partial charge is 0.483 e. The van der Waals surface area contributed by atoms with Crippen LogP contribution in [0.25, 0.3) is 0 Å². The SMILES string of the molecule is O=C(COc1ccc(Br)cc1C1c2sc(=O)[nH]c2SC2C(=O)N(c3ccc(Br)cc3)C(=O)C21)Nc1cccc(C(F)(F)F)c1. The van der Waals surface area contributed by atoms with Crippen molar-refractivity contribution >= 4 is 84.1 Å². The molecule has 0 radical (unpaired) electrons. The third kappa shape index (κ3) is 5.85. The van der Waals surface area contributed by atoms with Crippen molar-refractivity contribution in [1.82, 2.24) is 4.98 Å². The van der Waals surface area contributed by atoms with Gasteiger partial charge in [-0.05, 0) is 60.7 Å². The molecule has 0 spiro atoms. The summed E-state index contributed by atoms with van der Waals surface area (Å²) in [5.74, 6) is -3.05. The molecule has 226 valence electrons. The Morgan fingerprint density at radius 3 is 2.43 bits per heavy atom. The number of halogens is 5. The number of anilines is 2. The molecule has 1 saturated heterocycles. The van der Waals surface area contributed by atoms with E-state index in [-0.39, 0.29) is 16.3 Å². The van der Waals surface area contributed by atoms with E-state index in [1.54, 1.807) is 42.5 Å². The van der Waals surface area contributed by atoms with Gasteiger partial charge in [0.15, 0.2) is 6.61 Å². The van der Waals surface area contributed by atoms with E-state index >= 15 is 0 Å². The minimum absolute atomic E-state index is 0.0542. The van der Waals surface area contributed by atoms with E-state index in [9.17, 15) is 32.3 Å². The first kappa shape index (κ1) is 30.6. The van der Waals surface area contributed by atoms with Crippen LogP contribution < -0.4 is 19.8 Å². The number of hydrogen-bond donors (Lipinski definition) is 2. The first-order valence-corrected chi connectivity index (χ1v) is 16.1. The lowest BCUT2D eigenvalue weighted by Gasteiger charge is -2.31. The van der Waals surface area contributed by atoms with Gasteiger partial charge in [-0.3, -0.25) is 19.2 Å². The van der Waals surface area contributed by atoms with E-state index in [1.807, 2.05) is 0 Å². The number of ether oxygens (including phenoxy) is 1. The van der Waals surface area contributed by atoms with Gasteiger partial charge in [0.05, 0.1) is 22.2 Å². The lowest BCUT2D eigenvalue weighted by atomic mass is 9.82. The molecule has 2 aliphatic heterocycles. The number of nitrogens with zero attached hydrogens (tertiary/aromatic N) is 1. The maximum atomic E-state index is 14.0. The first-order chi connectivity index (χ1) is 20.9. The van der Waals surface area contributed by atoms with E-state index in [1.165, 1.54) is 12.1 Å². The number of carbonyl (C=O) groups excluding carboxylic acids is 3. The Kier molecular flexibility index (Phi) is 8.24. The number of imide groups is 1. The highest BCUT2D eigenvalue weighted by Gasteiger charge is 2.56. The zero-order chi connectivity index (χ0) is 31.3. The Hall–Kier alpha value is -3.40. The summed E-state index contributed by atoms with van der Waals surface area (Å²) in [5.41, 5.74) is -0.102. The summed E-state index contributed by atoms with van der Waals surface area (Å²) >= 11 is 8.86. The lowest BCUT2D eigenvalue weighted by Crippen LogP contribution is -2.32. The topological polar surface area (TPSA) is 109 Å². The number of carbonyl (C=O) groups is 3. The molecule has 3 unspecified atom stereocenters. The summed E-state index contributed by atoms with van der Waals surface area (Å²) in [5, 5.41) is 2.03. The van der Waals surface area contributed by atoms with Gasteiger partial charge >= 0.3 is 11.0 Å². The fourth-order valence-electron chi connectivity index (χ4n) is 5.20. The van der Waals surface area contributed by atoms with Crippen molar-refractivity contribution in [2.24, 2.45) is 5.92 Å². The van der Waals surface area contributed by atoms with Crippen molar-refractivity contribution < 1.29 is 32.3 Å². The van der Waals surface area contributed by atoms with Crippen molar-refractivity contribution in [3.05, 3.63) is 101 Å². The predicted molar refractivity (Wildman–Crippen MR) is 166 cm³/mol.